The van der Waals surface area contributed by atoms with Crippen molar-refractivity contribution in [3.8, 4) is 6.07 Å². The number of ether oxygens (including phenoxy) is 4. The molecule has 4 saturated carbocycles. The van der Waals surface area contributed by atoms with Gasteiger partial charge in [-0.15, -0.1) is 0 Å². The quantitative estimate of drug-likeness (QED) is 0.361. The molecule has 4 bridgehead atoms. The molecule has 9 heteroatoms. The lowest BCUT2D eigenvalue weighted by Gasteiger charge is -2.32. The van der Waals surface area contributed by atoms with Crippen LogP contribution in [0.25, 0.3) is 0 Å². The van der Waals surface area contributed by atoms with Gasteiger partial charge in [-0.05, 0) is 65.7 Å². The number of nitrogens with zero attached hydrogens (tertiary/aromatic N) is 1. The second-order valence-electron chi connectivity index (χ2n) is 13.8. The smallest absolute Gasteiger partial charge is 0.327 e. The summed E-state index contributed by atoms with van der Waals surface area (Å²) in [6.07, 6.45) is 2.42. The van der Waals surface area contributed by atoms with Gasteiger partial charge in [0.15, 0.2) is 5.41 Å². The van der Waals surface area contributed by atoms with Crippen molar-refractivity contribution in [1.29, 1.82) is 5.26 Å². The third-order valence-corrected chi connectivity index (χ3v) is 11.1. The van der Waals surface area contributed by atoms with Gasteiger partial charge in [0.1, 0.15) is 24.4 Å². The highest BCUT2D eigenvalue weighted by Gasteiger charge is 2.72. The summed E-state index contributed by atoms with van der Waals surface area (Å²) >= 11 is 0. The van der Waals surface area contributed by atoms with Crippen LogP contribution in [0, 0.1) is 63.1 Å². The van der Waals surface area contributed by atoms with Crippen molar-refractivity contribution in [2.24, 2.45) is 51.8 Å². The molecule has 0 aromatic heterocycles. The molecule has 6 fully saturated rings. The van der Waals surface area contributed by atoms with E-state index < -0.39 is 28.3 Å². The first-order valence-corrected chi connectivity index (χ1v) is 14.5. The Morgan fingerprint density at radius 1 is 0.949 bits per heavy atom. The molecule has 0 aromatic carbocycles. The van der Waals surface area contributed by atoms with Gasteiger partial charge < -0.3 is 18.9 Å². The van der Waals surface area contributed by atoms with Crippen LogP contribution < -0.4 is 0 Å². The van der Waals surface area contributed by atoms with Crippen LogP contribution in [0.1, 0.15) is 80.6 Å². The van der Waals surface area contributed by atoms with Crippen LogP contribution in [0.5, 0.6) is 0 Å². The lowest BCUT2D eigenvalue weighted by Crippen LogP contribution is -2.42. The van der Waals surface area contributed by atoms with Gasteiger partial charge in [0.25, 0.3) is 0 Å². The van der Waals surface area contributed by atoms with E-state index in [-0.39, 0.29) is 65.8 Å². The van der Waals surface area contributed by atoms with E-state index in [1.54, 1.807) is 0 Å². The first kappa shape index (κ1) is 27.9. The lowest BCUT2D eigenvalue weighted by atomic mass is 9.74. The Morgan fingerprint density at radius 3 is 2.10 bits per heavy atom. The number of carbonyl (C=O) groups is 4. The maximum atomic E-state index is 12.2. The van der Waals surface area contributed by atoms with Crippen molar-refractivity contribution in [2.75, 3.05) is 0 Å². The first-order chi connectivity index (χ1) is 18.2. The minimum atomic E-state index is -0.974. The molecule has 0 amide bonds. The summed E-state index contributed by atoms with van der Waals surface area (Å²) in [5.41, 5.74) is -1.97. The van der Waals surface area contributed by atoms with Crippen LogP contribution in [0.3, 0.4) is 0 Å². The van der Waals surface area contributed by atoms with Crippen LogP contribution in [0.2, 0.25) is 0 Å². The van der Waals surface area contributed by atoms with Crippen molar-refractivity contribution in [2.45, 2.75) is 105 Å². The van der Waals surface area contributed by atoms with Gasteiger partial charge in [-0.3, -0.25) is 19.2 Å². The normalized spacial score (nSPS) is 42.4. The number of carbonyl (C=O) groups excluding carboxylic acids is 4. The fraction of sp³-hybridized carbons (Fsp3) is 0.833. The lowest BCUT2D eigenvalue weighted by molar-refractivity contribution is -0.171. The Hall–Kier alpha value is -2.63. The molecular formula is C30H41NO8. The summed E-state index contributed by atoms with van der Waals surface area (Å²) in [6.45, 7) is 13.5. The van der Waals surface area contributed by atoms with E-state index in [4.69, 9.17) is 18.9 Å². The summed E-state index contributed by atoms with van der Waals surface area (Å²) in [5.74, 6) is -0.0623. The molecule has 2 aliphatic heterocycles. The summed E-state index contributed by atoms with van der Waals surface area (Å²) in [4.78, 5) is 48.2. The minimum absolute atomic E-state index is 0.0455. The maximum Gasteiger partial charge on any atom is 0.327 e. The minimum Gasteiger partial charge on any atom is -0.458 e. The number of rotatable bonds is 6. The maximum absolute atomic E-state index is 12.2. The van der Waals surface area contributed by atoms with E-state index >= 15 is 0 Å². The first-order valence-electron chi connectivity index (χ1n) is 14.5. The average Bonchev–Trinajstić information content (AvgIpc) is 3.69. The van der Waals surface area contributed by atoms with Gasteiger partial charge in [0.2, 0.25) is 0 Å². The Labute approximate surface area is 230 Å². The van der Waals surface area contributed by atoms with Crippen molar-refractivity contribution < 1.29 is 38.1 Å². The Bertz CT molecular complexity index is 1120. The third kappa shape index (κ3) is 3.99. The van der Waals surface area contributed by atoms with Crippen molar-refractivity contribution in [3.63, 3.8) is 0 Å². The number of hydrogen-bond donors (Lipinski definition) is 0. The van der Waals surface area contributed by atoms with Crippen LogP contribution >= 0.6 is 0 Å². The number of fused-ring (bicyclic) bond motifs is 2. The van der Waals surface area contributed by atoms with Crippen molar-refractivity contribution in [3.05, 3.63) is 0 Å². The second-order valence-corrected chi connectivity index (χ2v) is 13.8. The molecule has 9 nitrogen and oxygen atoms in total. The van der Waals surface area contributed by atoms with E-state index in [9.17, 15) is 24.4 Å². The fourth-order valence-electron chi connectivity index (χ4n) is 7.64. The number of esters is 4. The highest BCUT2D eigenvalue weighted by molar-refractivity contribution is 5.85. The predicted octanol–water partition coefficient (Wildman–Crippen LogP) is 3.97. The van der Waals surface area contributed by atoms with Crippen molar-refractivity contribution in [1.82, 2.24) is 0 Å². The largest absolute Gasteiger partial charge is 0.458 e. The SMILES string of the molecule is CCC(C)(C)C(=O)OC1C2CC3C1OC(=O)C3(C#N)C2.CCC(C)(C)C(=O)OC1C2CC3C1OC(=O)C3C2C. The van der Waals surface area contributed by atoms with Gasteiger partial charge in [0, 0.05) is 23.7 Å². The molecule has 6 aliphatic rings. The van der Waals surface area contributed by atoms with Gasteiger partial charge in [0.05, 0.1) is 22.8 Å². The zero-order chi connectivity index (χ0) is 28.7. The van der Waals surface area contributed by atoms with E-state index in [1.807, 2.05) is 41.5 Å². The Kier molecular flexibility index (Phi) is 6.59. The monoisotopic (exact) mass is 543 g/mol. The van der Waals surface area contributed by atoms with E-state index in [0.29, 0.717) is 18.8 Å². The molecule has 0 radical (unpaired) electrons. The highest BCUT2D eigenvalue weighted by atomic mass is 16.6. The second kappa shape index (κ2) is 9.21. The van der Waals surface area contributed by atoms with Gasteiger partial charge in [-0.1, -0.05) is 20.8 Å². The van der Waals surface area contributed by atoms with Crippen LogP contribution in [0.4, 0.5) is 0 Å². The number of nitriles is 1. The standard InChI is InChI=1S/C15H19NO4.C15H22O4/c1-4-14(2,3)12(17)19-10-8-5-9-11(10)20-13(18)15(9,6-8)7-16;1-5-15(3,4)14(17)19-11-8-6-9-10(7(8)2)13(16)18-12(9)11/h8-11H,4-6H2,1-3H3;7-12H,5-6H2,1-4H3. The summed E-state index contributed by atoms with van der Waals surface area (Å²) in [5, 5.41) is 9.31. The highest BCUT2D eigenvalue weighted by Crippen LogP contribution is 2.62. The zero-order valence-corrected chi connectivity index (χ0v) is 24.0. The van der Waals surface area contributed by atoms with Gasteiger partial charge in [-0.2, -0.15) is 5.26 Å². The molecule has 214 valence electrons. The summed E-state index contributed by atoms with van der Waals surface area (Å²) in [6, 6.07) is 2.15. The zero-order valence-electron chi connectivity index (χ0n) is 24.0. The van der Waals surface area contributed by atoms with E-state index in [2.05, 4.69) is 13.0 Å². The molecule has 39 heavy (non-hydrogen) atoms. The van der Waals surface area contributed by atoms with Crippen LogP contribution in [-0.2, 0) is 38.1 Å². The fourth-order valence-corrected chi connectivity index (χ4v) is 7.64. The van der Waals surface area contributed by atoms with Crippen LogP contribution in [0.15, 0.2) is 0 Å². The average molecular weight is 544 g/mol. The topological polar surface area (TPSA) is 129 Å². The van der Waals surface area contributed by atoms with Gasteiger partial charge >= 0.3 is 23.9 Å². The molecule has 2 saturated heterocycles. The Morgan fingerprint density at radius 2 is 1.54 bits per heavy atom. The molecule has 0 aromatic rings. The van der Waals surface area contributed by atoms with Gasteiger partial charge in [-0.25, -0.2) is 0 Å². The molecule has 4 aliphatic carbocycles. The van der Waals surface area contributed by atoms with E-state index in [0.717, 1.165) is 19.3 Å². The summed E-state index contributed by atoms with van der Waals surface area (Å²) in [7, 11) is 0. The molecule has 11 atom stereocenters. The molecule has 2 heterocycles. The third-order valence-electron chi connectivity index (χ3n) is 11.1. The van der Waals surface area contributed by atoms with Crippen molar-refractivity contribution >= 4 is 23.9 Å². The molecule has 6 rings (SSSR count). The number of hydrogen-bond acceptors (Lipinski definition) is 9. The van der Waals surface area contributed by atoms with E-state index in [1.165, 1.54) is 0 Å². The predicted molar refractivity (Wildman–Crippen MR) is 136 cm³/mol. The molecule has 11 unspecified atom stereocenters. The molecular weight excluding hydrogens is 502 g/mol. The Balaban J connectivity index is 0.000000158. The summed E-state index contributed by atoms with van der Waals surface area (Å²) < 4.78 is 22.2. The molecule has 0 spiro atoms. The van der Waals surface area contributed by atoms with Crippen LogP contribution in [-0.4, -0.2) is 48.3 Å². The molecule has 0 N–H and O–H groups in total.